The van der Waals surface area contributed by atoms with Gasteiger partial charge in [0.2, 0.25) is 0 Å². The summed E-state index contributed by atoms with van der Waals surface area (Å²) in [5.74, 6) is 0.752. The molecule has 0 saturated carbocycles. The third kappa shape index (κ3) is 7.38. The van der Waals surface area contributed by atoms with Crippen LogP contribution in [0.4, 0.5) is 0 Å². The molecule has 0 radical (unpaired) electrons. The van der Waals surface area contributed by atoms with Crippen LogP contribution >= 0.6 is 0 Å². The highest BCUT2D eigenvalue weighted by Gasteiger charge is 2.20. The van der Waals surface area contributed by atoms with Crippen LogP contribution in [0.1, 0.15) is 53.4 Å². The zero-order chi connectivity index (χ0) is 12.6. The molecule has 1 unspecified atom stereocenters. The minimum Gasteiger partial charge on any atom is -0.303 e. The van der Waals surface area contributed by atoms with Gasteiger partial charge in [-0.15, -0.1) is 0 Å². The van der Waals surface area contributed by atoms with Gasteiger partial charge in [0, 0.05) is 19.3 Å². The molecule has 1 atom stereocenters. The van der Waals surface area contributed by atoms with E-state index in [4.69, 9.17) is 0 Å². The molecule has 0 aromatic carbocycles. The van der Waals surface area contributed by atoms with E-state index in [1.807, 2.05) is 19.9 Å². The standard InChI is InChI=1S/C14H24O2/c1-5-12(2)7-6-8-13(16)11-14(3,4)9-10-15/h6-7,10,12H,5,8-9,11H2,1-4H3. The van der Waals surface area contributed by atoms with Gasteiger partial charge in [-0.3, -0.25) is 4.79 Å². The third-order valence-corrected chi connectivity index (χ3v) is 2.77. The summed E-state index contributed by atoms with van der Waals surface area (Å²) in [6, 6.07) is 0. The number of allylic oxidation sites excluding steroid dienone is 2. The molecule has 16 heavy (non-hydrogen) atoms. The van der Waals surface area contributed by atoms with Crippen LogP contribution in [0.5, 0.6) is 0 Å². The number of Topliss-reactive ketones (excluding diaryl/α,β-unsaturated/α-hetero) is 1. The van der Waals surface area contributed by atoms with Crippen LogP contribution < -0.4 is 0 Å². The highest BCUT2D eigenvalue weighted by molar-refractivity contribution is 5.80. The Kier molecular flexibility index (Phi) is 6.95. The van der Waals surface area contributed by atoms with Gasteiger partial charge in [0.25, 0.3) is 0 Å². The molecule has 0 aliphatic heterocycles. The second-order valence-electron chi connectivity index (χ2n) is 5.27. The number of aldehydes is 1. The first-order valence-corrected chi connectivity index (χ1v) is 6.03. The lowest BCUT2D eigenvalue weighted by Crippen LogP contribution is -2.17. The zero-order valence-corrected chi connectivity index (χ0v) is 11.0. The number of hydrogen-bond donors (Lipinski definition) is 0. The largest absolute Gasteiger partial charge is 0.303 e. The van der Waals surface area contributed by atoms with Gasteiger partial charge in [-0.05, 0) is 11.3 Å². The quantitative estimate of drug-likeness (QED) is 0.466. The minimum absolute atomic E-state index is 0.191. The van der Waals surface area contributed by atoms with Crippen LogP contribution in [-0.4, -0.2) is 12.1 Å². The predicted molar refractivity (Wildman–Crippen MR) is 67.3 cm³/mol. The lowest BCUT2D eigenvalue weighted by Gasteiger charge is -2.20. The van der Waals surface area contributed by atoms with Gasteiger partial charge in [0.15, 0.2) is 0 Å². The topological polar surface area (TPSA) is 34.1 Å². The predicted octanol–water partition coefficient (Wildman–Crippen LogP) is 3.55. The molecule has 2 nitrogen and oxygen atoms in total. The van der Waals surface area contributed by atoms with Gasteiger partial charge in [0.05, 0.1) is 0 Å². The number of ketones is 1. The van der Waals surface area contributed by atoms with E-state index in [2.05, 4.69) is 19.9 Å². The molecule has 0 saturated heterocycles. The van der Waals surface area contributed by atoms with Gasteiger partial charge in [-0.25, -0.2) is 0 Å². The number of hydrogen-bond acceptors (Lipinski definition) is 2. The van der Waals surface area contributed by atoms with Crippen molar-refractivity contribution < 1.29 is 9.59 Å². The Hall–Kier alpha value is -0.920. The minimum atomic E-state index is -0.191. The molecule has 0 heterocycles. The maximum Gasteiger partial charge on any atom is 0.137 e. The first-order valence-electron chi connectivity index (χ1n) is 6.03. The average Bonchev–Trinajstić information content (AvgIpc) is 2.16. The monoisotopic (exact) mass is 224 g/mol. The summed E-state index contributed by atoms with van der Waals surface area (Å²) in [5.41, 5.74) is -0.191. The van der Waals surface area contributed by atoms with Crippen LogP contribution in [0.15, 0.2) is 12.2 Å². The Morgan fingerprint density at radius 3 is 2.50 bits per heavy atom. The Bertz CT molecular complexity index is 251. The van der Waals surface area contributed by atoms with E-state index in [1.54, 1.807) is 0 Å². The maximum absolute atomic E-state index is 11.6. The molecule has 0 aliphatic rings. The molecular weight excluding hydrogens is 200 g/mol. The lowest BCUT2D eigenvalue weighted by molar-refractivity contribution is -0.120. The van der Waals surface area contributed by atoms with Gasteiger partial charge in [-0.2, -0.15) is 0 Å². The van der Waals surface area contributed by atoms with Crippen LogP contribution in [0, 0.1) is 11.3 Å². The molecule has 0 aromatic rings. The average molecular weight is 224 g/mol. The first-order chi connectivity index (χ1) is 7.41. The molecule has 0 aromatic heterocycles. The number of carbonyl (C=O) groups excluding carboxylic acids is 2. The van der Waals surface area contributed by atoms with Gasteiger partial charge in [-0.1, -0.05) is 46.3 Å². The Labute approximate surface area is 99.1 Å². The van der Waals surface area contributed by atoms with E-state index in [9.17, 15) is 9.59 Å². The second-order valence-corrected chi connectivity index (χ2v) is 5.27. The van der Waals surface area contributed by atoms with Crippen molar-refractivity contribution in [2.75, 3.05) is 0 Å². The van der Waals surface area contributed by atoms with Gasteiger partial charge < -0.3 is 4.79 Å². The van der Waals surface area contributed by atoms with Crippen molar-refractivity contribution in [3.05, 3.63) is 12.2 Å². The summed E-state index contributed by atoms with van der Waals surface area (Å²) in [7, 11) is 0. The van der Waals surface area contributed by atoms with Crippen molar-refractivity contribution >= 4 is 12.1 Å². The Morgan fingerprint density at radius 1 is 1.38 bits per heavy atom. The fourth-order valence-electron chi connectivity index (χ4n) is 1.47. The molecule has 92 valence electrons. The summed E-state index contributed by atoms with van der Waals surface area (Å²) in [6.07, 6.45) is 7.46. The van der Waals surface area contributed by atoms with Crippen LogP contribution in [0.3, 0.4) is 0 Å². The summed E-state index contributed by atoms with van der Waals surface area (Å²) in [5, 5.41) is 0. The van der Waals surface area contributed by atoms with E-state index >= 15 is 0 Å². The van der Waals surface area contributed by atoms with Crippen molar-refractivity contribution in [3.8, 4) is 0 Å². The Morgan fingerprint density at radius 2 is 2.00 bits per heavy atom. The SMILES string of the molecule is CCC(C)C=CCC(=O)CC(C)(C)CC=O. The summed E-state index contributed by atoms with van der Waals surface area (Å²) in [6.45, 7) is 8.18. The molecule has 0 N–H and O–H groups in total. The molecule has 0 rings (SSSR count). The fourth-order valence-corrected chi connectivity index (χ4v) is 1.47. The van der Waals surface area contributed by atoms with Crippen LogP contribution in [0.2, 0.25) is 0 Å². The molecule has 0 fully saturated rings. The fraction of sp³-hybridized carbons (Fsp3) is 0.714. The van der Waals surface area contributed by atoms with Gasteiger partial charge >= 0.3 is 0 Å². The van der Waals surface area contributed by atoms with Gasteiger partial charge in [0.1, 0.15) is 12.1 Å². The van der Waals surface area contributed by atoms with Crippen molar-refractivity contribution in [2.45, 2.75) is 53.4 Å². The Balaban J connectivity index is 3.99. The molecule has 0 amide bonds. The third-order valence-electron chi connectivity index (χ3n) is 2.77. The van der Waals surface area contributed by atoms with Crippen LogP contribution in [0.25, 0.3) is 0 Å². The smallest absolute Gasteiger partial charge is 0.137 e. The van der Waals surface area contributed by atoms with Crippen molar-refractivity contribution in [1.82, 2.24) is 0 Å². The van der Waals surface area contributed by atoms with E-state index < -0.39 is 0 Å². The normalized spacial score (nSPS) is 14.0. The summed E-state index contributed by atoms with van der Waals surface area (Å²) < 4.78 is 0. The molecule has 0 aliphatic carbocycles. The van der Waals surface area contributed by atoms with E-state index in [1.165, 1.54) is 0 Å². The zero-order valence-electron chi connectivity index (χ0n) is 11.0. The van der Waals surface area contributed by atoms with E-state index in [-0.39, 0.29) is 11.2 Å². The number of rotatable bonds is 8. The molecule has 0 bridgehead atoms. The lowest BCUT2D eigenvalue weighted by atomic mass is 9.84. The maximum atomic E-state index is 11.6. The second kappa shape index (κ2) is 7.37. The molecule has 0 spiro atoms. The highest BCUT2D eigenvalue weighted by Crippen LogP contribution is 2.24. The van der Waals surface area contributed by atoms with E-state index in [0.717, 1.165) is 12.7 Å². The first kappa shape index (κ1) is 15.1. The van der Waals surface area contributed by atoms with E-state index in [0.29, 0.717) is 25.2 Å². The highest BCUT2D eigenvalue weighted by atomic mass is 16.1. The molecular formula is C14H24O2. The van der Waals surface area contributed by atoms with Crippen molar-refractivity contribution in [2.24, 2.45) is 11.3 Å². The summed E-state index contributed by atoms with van der Waals surface area (Å²) in [4.78, 5) is 22.1. The summed E-state index contributed by atoms with van der Waals surface area (Å²) >= 11 is 0. The van der Waals surface area contributed by atoms with Crippen molar-refractivity contribution in [3.63, 3.8) is 0 Å². The van der Waals surface area contributed by atoms with Crippen molar-refractivity contribution in [1.29, 1.82) is 0 Å². The number of carbonyl (C=O) groups is 2. The molecule has 2 heteroatoms. The van der Waals surface area contributed by atoms with Crippen LogP contribution in [-0.2, 0) is 9.59 Å².